The molecule has 0 aromatic heterocycles. The van der Waals surface area contributed by atoms with Crippen LogP contribution in [-0.4, -0.2) is 10.6 Å². The average Bonchev–Trinajstić information content (AvgIpc) is 1.35. The molecule has 3 heteroatoms. The van der Waals surface area contributed by atoms with E-state index in [2.05, 4.69) is 12.6 Å². The van der Waals surface area contributed by atoms with Gasteiger partial charge in [-0.05, 0) is 6.42 Å². The van der Waals surface area contributed by atoms with Crippen molar-refractivity contribution < 1.29 is 0 Å². The quantitative estimate of drug-likeness (QED) is 0.446. The number of hydrogen-bond acceptors (Lipinski definition) is 1. The minimum atomic E-state index is -0.0671. The highest BCUT2D eigenvalue weighted by atomic mass is 35.5. The van der Waals surface area contributed by atoms with Crippen molar-refractivity contribution >= 4 is 35.8 Å². The summed E-state index contributed by atoms with van der Waals surface area (Å²) in [6.45, 7) is 0. The van der Waals surface area contributed by atoms with E-state index in [1.807, 2.05) is 0 Å². The highest BCUT2D eigenvalue weighted by Crippen LogP contribution is 2.05. The van der Waals surface area contributed by atoms with Gasteiger partial charge in [0.15, 0.2) is 0 Å². The first kappa shape index (κ1) is 6.93. The number of halogens is 2. The molecule has 0 saturated heterocycles. The molecule has 0 aliphatic rings. The van der Waals surface area contributed by atoms with Crippen LogP contribution in [0.5, 0.6) is 0 Å². The number of thiol groups is 1. The van der Waals surface area contributed by atoms with Crippen LogP contribution in [0.3, 0.4) is 0 Å². The van der Waals surface area contributed by atoms with Crippen LogP contribution >= 0.6 is 35.8 Å². The van der Waals surface area contributed by atoms with Crippen LogP contribution in [0.1, 0.15) is 6.42 Å². The van der Waals surface area contributed by atoms with E-state index >= 15 is 0 Å². The van der Waals surface area contributed by atoms with Gasteiger partial charge in [0.1, 0.15) is 0 Å². The molecule has 0 N–H and O–H groups in total. The molecule has 0 amide bonds. The summed E-state index contributed by atoms with van der Waals surface area (Å²) in [6, 6.07) is 0. The lowest BCUT2D eigenvalue weighted by Crippen LogP contribution is -1.84. The summed E-state index contributed by atoms with van der Waals surface area (Å²) in [4.78, 5) is 0. The number of alkyl halides is 2. The molecule has 38 valence electrons. The zero-order valence-electron chi connectivity index (χ0n) is 3.19. The normalized spacial score (nSPS) is 14.5. The molecule has 0 rings (SSSR count). The highest BCUT2D eigenvalue weighted by molar-refractivity contribution is 7.82. The first-order chi connectivity index (χ1) is 2.77. The Hall–Kier alpha value is 0.930. The summed E-state index contributed by atoms with van der Waals surface area (Å²) in [5.41, 5.74) is 0. The van der Waals surface area contributed by atoms with Gasteiger partial charge in [0.25, 0.3) is 0 Å². The maximum atomic E-state index is 5.36. The molecular weight excluding hydrogens is 139 g/mol. The Morgan fingerprint density at radius 1 is 1.67 bits per heavy atom. The van der Waals surface area contributed by atoms with Crippen LogP contribution in [0, 0.1) is 0 Å². The molecule has 0 aromatic carbocycles. The molecule has 0 heterocycles. The van der Waals surface area contributed by atoms with Gasteiger partial charge < -0.3 is 0 Å². The Balaban J connectivity index is 2.63. The fourth-order valence-corrected chi connectivity index (χ4v) is 0.810. The second-order valence-corrected chi connectivity index (χ2v) is 2.74. The van der Waals surface area contributed by atoms with E-state index in [-0.39, 0.29) is 4.71 Å². The Bertz CT molecular complexity index is 30.0. The fourth-order valence-electron chi connectivity index (χ4n) is 0.0900. The van der Waals surface area contributed by atoms with Crippen LogP contribution in [0.25, 0.3) is 0 Å². The van der Waals surface area contributed by atoms with Crippen molar-refractivity contribution in [2.75, 3.05) is 5.88 Å². The van der Waals surface area contributed by atoms with Gasteiger partial charge in [0.05, 0.1) is 4.71 Å². The smallest absolute Gasteiger partial charge is 0.0770 e. The highest BCUT2D eigenvalue weighted by Gasteiger charge is 1.90. The van der Waals surface area contributed by atoms with Crippen molar-refractivity contribution in [2.45, 2.75) is 11.1 Å². The van der Waals surface area contributed by atoms with E-state index in [1.54, 1.807) is 0 Å². The predicted molar refractivity (Wildman–Crippen MR) is 34.0 cm³/mol. The number of rotatable bonds is 2. The van der Waals surface area contributed by atoms with Crippen LogP contribution in [0.2, 0.25) is 0 Å². The summed E-state index contributed by atoms with van der Waals surface area (Å²) >= 11 is 14.5. The summed E-state index contributed by atoms with van der Waals surface area (Å²) in [7, 11) is 0. The van der Waals surface area contributed by atoms with Crippen molar-refractivity contribution in [1.29, 1.82) is 0 Å². The Kier molecular flexibility index (Phi) is 4.73. The van der Waals surface area contributed by atoms with Gasteiger partial charge in [-0.2, -0.15) is 12.6 Å². The molecule has 1 unspecified atom stereocenters. The lowest BCUT2D eigenvalue weighted by molar-refractivity contribution is 1.06. The first-order valence-electron chi connectivity index (χ1n) is 1.65. The molecule has 0 aliphatic heterocycles. The minimum absolute atomic E-state index is 0.0671. The third-order valence-corrected chi connectivity index (χ3v) is 1.04. The minimum Gasteiger partial charge on any atom is -0.160 e. The van der Waals surface area contributed by atoms with E-state index in [9.17, 15) is 0 Å². The van der Waals surface area contributed by atoms with Gasteiger partial charge in [0, 0.05) is 5.88 Å². The molecule has 0 nitrogen and oxygen atoms in total. The van der Waals surface area contributed by atoms with E-state index < -0.39 is 0 Å². The monoisotopic (exact) mass is 144 g/mol. The lowest BCUT2D eigenvalue weighted by Gasteiger charge is -1.91. The SMILES string of the molecule is SC(Cl)CCCl. The van der Waals surface area contributed by atoms with Crippen LogP contribution in [0.15, 0.2) is 0 Å². The molecule has 0 spiro atoms. The predicted octanol–water partition coefficient (Wildman–Crippen LogP) is 2.11. The average molecular weight is 145 g/mol. The first-order valence-corrected chi connectivity index (χ1v) is 3.14. The zero-order valence-corrected chi connectivity index (χ0v) is 5.60. The maximum Gasteiger partial charge on any atom is 0.0770 e. The summed E-state index contributed by atoms with van der Waals surface area (Å²) in [6.07, 6.45) is 0.770. The topological polar surface area (TPSA) is 0 Å². The lowest BCUT2D eigenvalue weighted by atomic mass is 10.6. The van der Waals surface area contributed by atoms with Crippen molar-refractivity contribution in [3.05, 3.63) is 0 Å². The van der Waals surface area contributed by atoms with Crippen molar-refractivity contribution in [3.8, 4) is 0 Å². The third-order valence-electron chi connectivity index (χ3n) is 0.347. The van der Waals surface area contributed by atoms with E-state index in [0.29, 0.717) is 5.88 Å². The summed E-state index contributed by atoms with van der Waals surface area (Å²) in [5.74, 6) is 0.595. The van der Waals surface area contributed by atoms with Gasteiger partial charge in [-0.25, -0.2) is 0 Å². The van der Waals surface area contributed by atoms with Crippen LogP contribution in [-0.2, 0) is 0 Å². The third kappa shape index (κ3) is 4.93. The zero-order chi connectivity index (χ0) is 4.99. The molecule has 0 saturated carbocycles. The van der Waals surface area contributed by atoms with E-state index in [0.717, 1.165) is 6.42 Å². The largest absolute Gasteiger partial charge is 0.160 e. The van der Waals surface area contributed by atoms with Gasteiger partial charge in [-0.15, -0.1) is 23.2 Å². The maximum absolute atomic E-state index is 5.36. The van der Waals surface area contributed by atoms with Gasteiger partial charge in [-0.3, -0.25) is 0 Å². The molecule has 0 radical (unpaired) electrons. The summed E-state index contributed by atoms with van der Waals surface area (Å²) < 4.78 is -0.0671. The van der Waals surface area contributed by atoms with E-state index in [1.165, 1.54) is 0 Å². The fraction of sp³-hybridized carbons (Fsp3) is 1.00. The van der Waals surface area contributed by atoms with Crippen LogP contribution < -0.4 is 0 Å². The molecule has 1 atom stereocenters. The van der Waals surface area contributed by atoms with E-state index in [4.69, 9.17) is 23.2 Å². The number of hydrogen-bond donors (Lipinski definition) is 1. The standard InChI is InChI=1S/C3H6Cl2S/c4-2-1-3(5)6/h3,6H,1-2H2. The van der Waals surface area contributed by atoms with Crippen molar-refractivity contribution in [3.63, 3.8) is 0 Å². The molecule has 0 aliphatic carbocycles. The molecule has 6 heavy (non-hydrogen) atoms. The summed E-state index contributed by atoms with van der Waals surface area (Å²) in [5, 5.41) is 0. The van der Waals surface area contributed by atoms with Crippen LogP contribution in [0.4, 0.5) is 0 Å². The Labute approximate surface area is 53.2 Å². The molecule has 0 bridgehead atoms. The van der Waals surface area contributed by atoms with Gasteiger partial charge >= 0.3 is 0 Å². The molecule has 0 fully saturated rings. The van der Waals surface area contributed by atoms with Crippen molar-refractivity contribution in [2.24, 2.45) is 0 Å². The Morgan fingerprint density at radius 3 is 2.17 bits per heavy atom. The second kappa shape index (κ2) is 4.10. The Morgan fingerprint density at radius 2 is 2.17 bits per heavy atom. The van der Waals surface area contributed by atoms with Crippen molar-refractivity contribution in [1.82, 2.24) is 0 Å². The van der Waals surface area contributed by atoms with Gasteiger partial charge in [0.2, 0.25) is 0 Å². The second-order valence-electron chi connectivity index (χ2n) is 0.912. The molecular formula is C3H6Cl2S. The molecule has 0 aromatic rings. The van der Waals surface area contributed by atoms with Gasteiger partial charge in [-0.1, -0.05) is 0 Å².